The minimum absolute atomic E-state index is 0.0273. The molecule has 2 fully saturated rings. The molecule has 2 aliphatic carbocycles. The van der Waals surface area contributed by atoms with Gasteiger partial charge in [0.1, 0.15) is 19.8 Å². The van der Waals surface area contributed by atoms with E-state index in [-0.39, 0.29) is 18.3 Å². The van der Waals surface area contributed by atoms with Crippen LogP contribution in [0.25, 0.3) is 0 Å². The van der Waals surface area contributed by atoms with Gasteiger partial charge in [0.05, 0.1) is 6.61 Å². The highest BCUT2D eigenvalue weighted by molar-refractivity contribution is 6.83. The fraction of sp³-hybridized carbons (Fsp3) is 0.667. The van der Waals surface area contributed by atoms with Gasteiger partial charge in [-0.1, -0.05) is 31.6 Å². The quantitative estimate of drug-likeness (QED) is 0.596. The van der Waals surface area contributed by atoms with Crippen LogP contribution in [0.2, 0.25) is 19.6 Å². The summed E-state index contributed by atoms with van der Waals surface area (Å²) in [7, 11) is -1.48. The van der Waals surface area contributed by atoms with Gasteiger partial charge >= 0.3 is 0 Å². The van der Waals surface area contributed by atoms with Crippen molar-refractivity contribution in [1.29, 1.82) is 0 Å². The Labute approximate surface area is 134 Å². The maximum absolute atomic E-state index is 9.83. The molecule has 1 aliphatic heterocycles. The maximum atomic E-state index is 9.83. The minimum Gasteiger partial charge on any atom is -0.391 e. The second-order valence-corrected chi connectivity index (χ2v) is 12.7. The van der Waals surface area contributed by atoms with Gasteiger partial charge in [-0.25, -0.2) is 0 Å². The van der Waals surface area contributed by atoms with Gasteiger partial charge in [-0.2, -0.15) is 0 Å². The molecule has 1 saturated carbocycles. The molecule has 3 aliphatic rings. The van der Waals surface area contributed by atoms with Crippen molar-refractivity contribution in [3.8, 4) is 11.5 Å². The van der Waals surface area contributed by atoms with E-state index in [4.69, 9.17) is 9.47 Å². The van der Waals surface area contributed by atoms with Crippen LogP contribution >= 0.6 is 0 Å². The predicted molar refractivity (Wildman–Crippen MR) is 89.9 cm³/mol. The molecular weight excluding hydrogens is 292 g/mol. The van der Waals surface area contributed by atoms with Crippen LogP contribution in [0.15, 0.2) is 22.8 Å². The lowest BCUT2D eigenvalue weighted by molar-refractivity contribution is -0.153. The molecule has 120 valence electrons. The lowest BCUT2D eigenvalue weighted by Crippen LogP contribution is -2.55. The summed E-state index contributed by atoms with van der Waals surface area (Å²) < 4.78 is 12.4. The second kappa shape index (κ2) is 5.07. The summed E-state index contributed by atoms with van der Waals surface area (Å²) in [5, 5.41) is 9.83. The van der Waals surface area contributed by atoms with Gasteiger partial charge in [0, 0.05) is 11.1 Å². The Balaban J connectivity index is 2.05. The smallest absolute Gasteiger partial charge is 0.165 e. The average Bonchev–Trinajstić information content (AvgIpc) is 2.60. The van der Waals surface area contributed by atoms with E-state index in [2.05, 4.69) is 37.2 Å². The van der Waals surface area contributed by atoms with Crippen molar-refractivity contribution in [2.24, 2.45) is 0 Å². The second-order valence-electron chi connectivity index (χ2n) is 7.95. The molecule has 3 rings (SSSR count). The standard InChI is InChI=1S/C18H26O3Si/c1-17(2)20-16-15(13(12-19)9-11-22(3,4)5)14-8-6-7-10-18(14,16)21-17/h8,16,19H,6-7,10,12H2,1-5H3/b15-13+/t16-,18+/m0/s1. The lowest BCUT2D eigenvalue weighted by atomic mass is 9.61. The zero-order valence-electron chi connectivity index (χ0n) is 14.2. The van der Waals surface area contributed by atoms with Crippen molar-refractivity contribution in [2.75, 3.05) is 6.61 Å². The lowest BCUT2D eigenvalue weighted by Gasteiger charge is -2.49. The first-order valence-corrected chi connectivity index (χ1v) is 11.6. The van der Waals surface area contributed by atoms with E-state index in [1.54, 1.807) is 0 Å². The Morgan fingerprint density at radius 2 is 2.14 bits per heavy atom. The number of hydrogen-bond donors (Lipinski definition) is 1. The third-order valence-corrected chi connectivity index (χ3v) is 5.31. The van der Waals surface area contributed by atoms with Crippen molar-refractivity contribution in [3.63, 3.8) is 0 Å². The molecule has 2 atom stereocenters. The minimum atomic E-state index is -1.48. The highest BCUT2D eigenvalue weighted by atomic mass is 28.3. The van der Waals surface area contributed by atoms with E-state index in [0.29, 0.717) is 0 Å². The maximum Gasteiger partial charge on any atom is 0.165 e. The molecule has 0 radical (unpaired) electrons. The van der Waals surface area contributed by atoms with Crippen LogP contribution in [-0.4, -0.2) is 37.3 Å². The number of aliphatic hydroxyl groups excluding tert-OH is 1. The Hall–Kier alpha value is -0.863. The van der Waals surface area contributed by atoms with Crippen LogP contribution in [0.3, 0.4) is 0 Å². The molecule has 3 nitrogen and oxygen atoms in total. The largest absolute Gasteiger partial charge is 0.391 e. The normalized spacial score (nSPS) is 34.6. The molecule has 22 heavy (non-hydrogen) atoms. The summed E-state index contributed by atoms with van der Waals surface area (Å²) in [4.78, 5) is 0. The zero-order chi connectivity index (χ0) is 16.2. The first-order chi connectivity index (χ1) is 10.2. The van der Waals surface area contributed by atoms with Crippen LogP contribution in [-0.2, 0) is 9.47 Å². The van der Waals surface area contributed by atoms with Gasteiger partial charge in [0.2, 0.25) is 0 Å². The molecule has 0 amide bonds. The molecule has 1 saturated heterocycles. The van der Waals surface area contributed by atoms with E-state index >= 15 is 0 Å². The van der Waals surface area contributed by atoms with Crippen LogP contribution < -0.4 is 0 Å². The molecular formula is C18H26O3Si. The Kier molecular flexibility index (Phi) is 3.69. The molecule has 0 unspecified atom stereocenters. The fourth-order valence-corrected chi connectivity index (χ4v) is 4.19. The van der Waals surface area contributed by atoms with E-state index in [9.17, 15) is 5.11 Å². The summed E-state index contributed by atoms with van der Waals surface area (Å²) in [6, 6.07) is 0. The summed E-state index contributed by atoms with van der Waals surface area (Å²) in [6.07, 6.45) is 5.37. The highest BCUT2D eigenvalue weighted by Gasteiger charge is 2.66. The van der Waals surface area contributed by atoms with E-state index in [1.165, 1.54) is 5.57 Å². The summed E-state index contributed by atoms with van der Waals surface area (Å²) in [5.41, 5.74) is 6.18. The van der Waals surface area contributed by atoms with E-state index < -0.39 is 13.9 Å². The molecule has 0 aromatic rings. The number of aliphatic hydroxyl groups is 1. The Morgan fingerprint density at radius 1 is 1.41 bits per heavy atom. The Bertz CT molecular complexity index is 612. The average molecular weight is 318 g/mol. The third kappa shape index (κ3) is 2.50. The van der Waals surface area contributed by atoms with Crippen molar-refractivity contribution >= 4 is 8.07 Å². The summed E-state index contributed by atoms with van der Waals surface area (Å²) >= 11 is 0. The molecule has 0 aromatic carbocycles. The number of rotatable bonds is 1. The highest BCUT2D eigenvalue weighted by Crippen LogP contribution is 2.60. The van der Waals surface area contributed by atoms with E-state index in [0.717, 1.165) is 30.4 Å². The van der Waals surface area contributed by atoms with Gasteiger partial charge in [-0.3, -0.25) is 0 Å². The first kappa shape index (κ1) is 16.0. The van der Waals surface area contributed by atoms with Crippen LogP contribution in [0.4, 0.5) is 0 Å². The molecule has 0 bridgehead atoms. The Morgan fingerprint density at radius 3 is 2.77 bits per heavy atom. The van der Waals surface area contributed by atoms with Crippen molar-refractivity contribution in [3.05, 3.63) is 22.8 Å². The summed E-state index contributed by atoms with van der Waals surface area (Å²) in [5.74, 6) is 2.67. The third-order valence-electron chi connectivity index (χ3n) is 4.43. The first-order valence-electron chi connectivity index (χ1n) is 8.15. The van der Waals surface area contributed by atoms with Crippen LogP contribution in [0, 0.1) is 11.5 Å². The molecule has 1 spiro atoms. The summed E-state index contributed by atoms with van der Waals surface area (Å²) in [6.45, 7) is 10.5. The predicted octanol–water partition coefficient (Wildman–Crippen LogP) is 3.17. The monoisotopic (exact) mass is 318 g/mol. The van der Waals surface area contributed by atoms with Gasteiger partial charge in [-0.15, -0.1) is 5.54 Å². The van der Waals surface area contributed by atoms with Gasteiger partial charge in [-0.05, 0) is 38.7 Å². The van der Waals surface area contributed by atoms with Gasteiger partial charge in [0.25, 0.3) is 0 Å². The molecule has 4 heteroatoms. The topological polar surface area (TPSA) is 38.7 Å². The SMILES string of the molecule is CC1(C)O[C@H]2/C(=C(\C#C[Si](C)(C)C)CO)C3=CCCC[C@@]32O1. The molecule has 1 heterocycles. The van der Waals surface area contributed by atoms with Crippen molar-refractivity contribution in [1.82, 2.24) is 0 Å². The van der Waals surface area contributed by atoms with Crippen LogP contribution in [0.1, 0.15) is 33.1 Å². The van der Waals surface area contributed by atoms with Crippen LogP contribution in [0.5, 0.6) is 0 Å². The van der Waals surface area contributed by atoms with Crippen molar-refractivity contribution < 1.29 is 14.6 Å². The van der Waals surface area contributed by atoms with E-state index in [1.807, 2.05) is 13.8 Å². The number of allylic oxidation sites excluding steroid dienone is 1. The number of hydrogen-bond acceptors (Lipinski definition) is 3. The molecule has 1 N–H and O–H groups in total. The van der Waals surface area contributed by atoms with Crippen molar-refractivity contribution in [2.45, 2.75) is 70.2 Å². The fourth-order valence-electron chi connectivity index (χ4n) is 3.66. The van der Waals surface area contributed by atoms with Gasteiger partial charge < -0.3 is 14.6 Å². The van der Waals surface area contributed by atoms with Gasteiger partial charge in [0.15, 0.2) is 5.79 Å². The number of ether oxygens (including phenoxy) is 2. The molecule has 0 aromatic heterocycles. The zero-order valence-corrected chi connectivity index (χ0v) is 15.2.